The minimum Gasteiger partial charge on any atom is -0.345 e. The van der Waals surface area contributed by atoms with Gasteiger partial charge < -0.3 is 14.8 Å². The molecular weight excluding hydrogens is 288 g/mol. The third-order valence-electron chi connectivity index (χ3n) is 4.60. The van der Waals surface area contributed by atoms with Crippen LogP contribution in [-0.4, -0.2) is 57.9 Å². The first-order valence-corrected chi connectivity index (χ1v) is 7.28. The second-order valence-electron chi connectivity index (χ2n) is 5.67. The van der Waals surface area contributed by atoms with Crippen LogP contribution in [0.2, 0.25) is 0 Å². The first kappa shape index (κ1) is 14.4. The number of nitrogens with one attached hydrogen (secondary N) is 1. The van der Waals surface area contributed by atoms with Crippen molar-refractivity contribution in [3.05, 3.63) is 30.1 Å². The van der Waals surface area contributed by atoms with Gasteiger partial charge in [0.15, 0.2) is 0 Å². The summed E-state index contributed by atoms with van der Waals surface area (Å²) in [4.78, 5) is 24.8. The summed E-state index contributed by atoms with van der Waals surface area (Å²) in [5, 5.41) is 0.927. The first-order chi connectivity index (χ1) is 9.83. The number of halogens is 1. The van der Waals surface area contributed by atoms with Gasteiger partial charge in [-0.05, 0) is 25.0 Å². The predicted molar refractivity (Wildman–Crippen MR) is 83.8 cm³/mol. The fourth-order valence-electron chi connectivity index (χ4n) is 3.44. The highest BCUT2D eigenvalue weighted by atomic mass is 35.5. The van der Waals surface area contributed by atoms with Crippen LogP contribution < -0.4 is 0 Å². The molecule has 5 rings (SSSR count). The molecule has 0 aromatic carbocycles. The summed E-state index contributed by atoms with van der Waals surface area (Å²) in [5.41, 5.74) is 1.55. The zero-order valence-electron chi connectivity index (χ0n) is 11.8. The number of pyridine rings is 1. The Bertz CT molecular complexity index is 648. The highest BCUT2D eigenvalue weighted by Crippen LogP contribution is 2.25. The highest BCUT2D eigenvalue weighted by Gasteiger charge is 2.33. The summed E-state index contributed by atoms with van der Waals surface area (Å²) in [5.74, 6) is 0.151. The van der Waals surface area contributed by atoms with Gasteiger partial charge >= 0.3 is 0 Å². The van der Waals surface area contributed by atoms with E-state index in [1.54, 1.807) is 12.4 Å². The van der Waals surface area contributed by atoms with Crippen LogP contribution in [0.5, 0.6) is 0 Å². The molecule has 0 spiro atoms. The van der Waals surface area contributed by atoms with E-state index in [9.17, 15) is 4.79 Å². The molecule has 5 nitrogen and oxygen atoms in total. The summed E-state index contributed by atoms with van der Waals surface area (Å²) in [7, 11) is 0. The van der Waals surface area contributed by atoms with Gasteiger partial charge in [-0.25, -0.2) is 4.98 Å². The molecular formula is C15H19ClN4O. The zero-order chi connectivity index (χ0) is 13.5. The van der Waals surface area contributed by atoms with Gasteiger partial charge in [-0.1, -0.05) is 0 Å². The summed E-state index contributed by atoms with van der Waals surface area (Å²) < 4.78 is 0. The Hall–Kier alpha value is -1.59. The van der Waals surface area contributed by atoms with E-state index in [4.69, 9.17) is 0 Å². The van der Waals surface area contributed by atoms with E-state index in [0.29, 0.717) is 6.04 Å². The SMILES string of the molecule is Cl.O=C(c1c[nH]c2ncccc12)N1CCN2CCC1CC2. The Morgan fingerprint density at radius 1 is 1.24 bits per heavy atom. The van der Waals surface area contributed by atoms with E-state index >= 15 is 0 Å². The van der Waals surface area contributed by atoms with E-state index in [1.165, 1.54) is 0 Å². The lowest BCUT2D eigenvalue weighted by atomic mass is 10.0. The molecule has 21 heavy (non-hydrogen) atoms. The van der Waals surface area contributed by atoms with Gasteiger partial charge in [0.05, 0.1) is 5.56 Å². The molecule has 5 heterocycles. The molecule has 2 bridgehead atoms. The monoisotopic (exact) mass is 306 g/mol. The van der Waals surface area contributed by atoms with E-state index in [-0.39, 0.29) is 18.3 Å². The van der Waals surface area contributed by atoms with E-state index < -0.39 is 0 Å². The van der Waals surface area contributed by atoms with Crippen molar-refractivity contribution in [1.82, 2.24) is 19.8 Å². The number of amides is 1. The fraction of sp³-hybridized carbons (Fsp3) is 0.467. The zero-order valence-corrected chi connectivity index (χ0v) is 12.6. The van der Waals surface area contributed by atoms with Gasteiger partial charge in [0.1, 0.15) is 5.65 Å². The second-order valence-corrected chi connectivity index (χ2v) is 5.67. The van der Waals surface area contributed by atoms with E-state index in [1.807, 2.05) is 12.1 Å². The smallest absolute Gasteiger partial charge is 0.256 e. The number of nitrogens with zero attached hydrogens (tertiary/aromatic N) is 3. The van der Waals surface area contributed by atoms with Crippen LogP contribution in [0.25, 0.3) is 11.0 Å². The Balaban J connectivity index is 0.00000132. The molecule has 1 N–H and O–H groups in total. The topological polar surface area (TPSA) is 52.2 Å². The lowest BCUT2D eigenvalue weighted by Gasteiger charge is -2.31. The Labute approximate surface area is 129 Å². The van der Waals surface area contributed by atoms with E-state index in [2.05, 4.69) is 19.8 Å². The number of aromatic amines is 1. The number of carbonyl (C=O) groups excluding carboxylic acids is 1. The largest absolute Gasteiger partial charge is 0.345 e. The first-order valence-electron chi connectivity index (χ1n) is 7.28. The second kappa shape index (κ2) is 5.66. The van der Waals surface area contributed by atoms with Crippen LogP contribution >= 0.6 is 12.4 Å². The molecule has 0 unspecified atom stereocenters. The molecule has 1 amide bonds. The van der Waals surface area contributed by atoms with Crippen LogP contribution in [0.3, 0.4) is 0 Å². The average Bonchev–Trinajstić information content (AvgIpc) is 2.69. The van der Waals surface area contributed by atoms with Crippen LogP contribution in [0.4, 0.5) is 0 Å². The van der Waals surface area contributed by atoms with Crippen molar-refractivity contribution in [3.63, 3.8) is 0 Å². The van der Waals surface area contributed by atoms with Gasteiger partial charge in [-0.2, -0.15) is 0 Å². The van der Waals surface area contributed by atoms with Crippen molar-refractivity contribution >= 4 is 29.3 Å². The molecule has 0 atom stereocenters. The number of hydrogen-bond donors (Lipinski definition) is 1. The summed E-state index contributed by atoms with van der Waals surface area (Å²) >= 11 is 0. The summed E-state index contributed by atoms with van der Waals surface area (Å²) in [6, 6.07) is 4.25. The van der Waals surface area contributed by atoms with Crippen LogP contribution in [0.1, 0.15) is 23.2 Å². The van der Waals surface area contributed by atoms with Crippen LogP contribution in [-0.2, 0) is 0 Å². The molecule has 2 aromatic rings. The molecule has 6 heteroatoms. The Kier molecular flexibility index (Phi) is 3.87. The van der Waals surface area contributed by atoms with Gasteiger partial charge in [-0.15, -0.1) is 12.4 Å². The standard InChI is InChI=1S/C15H18N4O.ClH/c20-15(13-10-17-14-12(13)2-1-5-16-14)19-9-8-18-6-3-11(19)4-7-18;/h1-2,5,10-11H,3-4,6-9H2,(H,16,17);1H. The molecule has 3 fully saturated rings. The minimum absolute atomic E-state index is 0. The number of piperidine rings is 1. The molecule has 112 valence electrons. The van der Waals surface area contributed by atoms with Gasteiger partial charge in [0.2, 0.25) is 0 Å². The van der Waals surface area contributed by atoms with Crippen molar-refractivity contribution in [2.75, 3.05) is 26.2 Å². The maximum Gasteiger partial charge on any atom is 0.256 e. The number of hydrogen-bond acceptors (Lipinski definition) is 3. The molecule has 3 aliphatic heterocycles. The third-order valence-corrected chi connectivity index (χ3v) is 4.60. The van der Waals surface area contributed by atoms with Crippen molar-refractivity contribution in [1.29, 1.82) is 0 Å². The molecule has 2 aromatic heterocycles. The number of rotatable bonds is 1. The van der Waals surface area contributed by atoms with Gasteiger partial charge in [-0.3, -0.25) is 4.79 Å². The summed E-state index contributed by atoms with van der Waals surface area (Å²) in [6.07, 6.45) is 5.75. The molecule has 0 saturated carbocycles. The lowest BCUT2D eigenvalue weighted by molar-refractivity contribution is 0.0687. The lowest BCUT2D eigenvalue weighted by Crippen LogP contribution is -2.41. The quantitative estimate of drug-likeness (QED) is 0.875. The number of carbonyl (C=O) groups is 1. The van der Waals surface area contributed by atoms with Gasteiger partial charge in [0, 0.05) is 50.0 Å². The Morgan fingerprint density at radius 2 is 2.05 bits per heavy atom. The number of aromatic nitrogens is 2. The number of fused-ring (bicyclic) bond motifs is 5. The average molecular weight is 307 g/mol. The molecule has 0 aliphatic carbocycles. The van der Waals surface area contributed by atoms with Crippen molar-refractivity contribution in [3.8, 4) is 0 Å². The molecule has 3 aliphatic rings. The molecule has 0 radical (unpaired) electrons. The van der Waals surface area contributed by atoms with Crippen LogP contribution in [0, 0.1) is 0 Å². The highest BCUT2D eigenvalue weighted by molar-refractivity contribution is 6.06. The minimum atomic E-state index is 0. The normalized spacial score (nSPS) is 24.7. The Morgan fingerprint density at radius 3 is 2.86 bits per heavy atom. The van der Waals surface area contributed by atoms with Crippen molar-refractivity contribution in [2.45, 2.75) is 18.9 Å². The van der Waals surface area contributed by atoms with E-state index in [0.717, 1.165) is 55.6 Å². The third kappa shape index (κ3) is 2.40. The fourth-order valence-corrected chi connectivity index (χ4v) is 3.44. The summed E-state index contributed by atoms with van der Waals surface area (Å²) in [6.45, 7) is 4.10. The molecule has 3 saturated heterocycles. The maximum absolute atomic E-state index is 12.9. The maximum atomic E-state index is 12.9. The van der Waals surface area contributed by atoms with Crippen LogP contribution in [0.15, 0.2) is 24.5 Å². The number of H-pyrrole nitrogens is 1. The van der Waals surface area contributed by atoms with Crippen molar-refractivity contribution in [2.24, 2.45) is 0 Å². The van der Waals surface area contributed by atoms with Gasteiger partial charge in [0.25, 0.3) is 5.91 Å². The van der Waals surface area contributed by atoms with Crippen molar-refractivity contribution < 1.29 is 4.79 Å². The predicted octanol–water partition coefficient (Wildman–Crippen LogP) is 1.90.